The third-order valence-corrected chi connectivity index (χ3v) is 6.81. The van der Waals surface area contributed by atoms with Crippen molar-refractivity contribution in [2.75, 3.05) is 51.3 Å². The number of likely N-dealkylation sites (N-methyl/N-ethyl adjacent to an activating group) is 1. The highest BCUT2D eigenvalue weighted by molar-refractivity contribution is 5.94. The molecule has 1 saturated heterocycles. The molecule has 0 saturated carbocycles. The molecule has 1 atom stereocenters. The molecule has 2 aliphatic heterocycles. The molecular formula is C28H31N3O2. The van der Waals surface area contributed by atoms with Crippen molar-refractivity contribution in [2.24, 2.45) is 0 Å². The van der Waals surface area contributed by atoms with Gasteiger partial charge in [0.2, 0.25) is 0 Å². The van der Waals surface area contributed by atoms with Crippen molar-refractivity contribution in [1.82, 2.24) is 10.2 Å². The van der Waals surface area contributed by atoms with Crippen molar-refractivity contribution in [3.8, 4) is 11.1 Å². The van der Waals surface area contributed by atoms with E-state index in [0.717, 1.165) is 50.4 Å². The van der Waals surface area contributed by atoms with E-state index in [2.05, 4.69) is 52.5 Å². The van der Waals surface area contributed by atoms with E-state index in [1.54, 1.807) is 0 Å². The van der Waals surface area contributed by atoms with Crippen LogP contribution in [0.15, 0.2) is 72.8 Å². The summed E-state index contributed by atoms with van der Waals surface area (Å²) in [5, 5.41) is 3.20. The molecule has 0 aliphatic carbocycles. The maximum atomic E-state index is 13.0. The Morgan fingerprint density at radius 2 is 1.67 bits per heavy atom. The molecule has 3 aromatic rings. The molecule has 5 nitrogen and oxygen atoms in total. The number of ether oxygens (including phenoxy) is 1. The van der Waals surface area contributed by atoms with Crippen LogP contribution in [0, 0.1) is 0 Å². The zero-order chi connectivity index (χ0) is 22.6. The molecular weight excluding hydrogens is 410 g/mol. The van der Waals surface area contributed by atoms with E-state index in [0.29, 0.717) is 12.1 Å². The highest BCUT2D eigenvalue weighted by Gasteiger charge is 2.25. The third kappa shape index (κ3) is 4.80. The predicted molar refractivity (Wildman–Crippen MR) is 133 cm³/mol. The van der Waals surface area contributed by atoms with Gasteiger partial charge < -0.3 is 15.0 Å². The molecule has 0 radical (unpaired) electrons. The van der Waals surface area contributed by atoms with Gasteiger partial charge in [-0.3, -0.25) is 9.69 Å². The summed E-state index contributed by atoms with van der Waals surface area (Å²) in [4.78, 5) is 17.7. The van der Waals surface area contributed by atoms with Crippen molar-refractivity contribution in [3.63, 3.8) is 0 Å². The van der Waals surface area contributed by atoms with Crippen LogP contribution < -0.4 is 10.2 Å². The second-order valence-corrected chi connectivity index (χ2v) is 8.88. The molecule has 0 aromatic heterocycles. The minimum atomic E-state index is -0.0336. The largest absolute Gasteiger partial charge is 0.379 e. The number of hydrogen-bond acceptors (Lipinski definition) is 4. The zero-order valence-electron chi connectivity index (χ0n) is 19.2. The van der Waals surface area contributed by atoms with Gasteiger partial charge >= 0.3 is 0 Å². The number of nitrogens with one attached hydrogen (secondary N) is 1. The summed E-state index contributed by atoms with van der Waals surface area (Å²) in [5.41, 5.74) is 6.94. The highest BCUT2D eigenvalue weighted by atomic mass is 16.5. The van der Waals surface area contributed by atoms with E-state index in [1.807, 2.05) is 42.5 Å². The molecule has 2 heterocycles. The first-order valence-electron chi connectivity index (χ1n) is 11.8. The first-order valence-corrected chi connectivity index (χ1v) is 11.8. The zero-order valence-corrected chi connectivity index (χ0v) is 19.2. The fraction of sp³-hybridized carbons (Fsp3) is 0.321. The molecule has 1 N–H and O–H groups in total. The number of anilines is 1. The Hall–Kier alpha value is -3.15. The minimum Gasteiger partial charge on any atom is -0.379 e. The Kier molecular flexibility index (Phi) is 6.42. The summed E-state index contributed by atoms with van der Waals surface area (Å²) in [7, 11) is 2.15. The standard InChI is InChI=1S/C28H31N3O2/c1-30-14-13-25-19-24(11-12-26(25)30)27(31-15-17-33-18-16-31)20-29-28(32)23-9-7-22(8-10-23)21-5-3-2-4-6-21/h2-12,19,27H,13-18,20H2,1H3,(H,29,32)/t27-/m1/s1. The number of benzene rings is 3. The lowest BCUT2D eigenvalue weighted by atomic mass is 10.00. The average molecular weight is 442 g/mol. The van der Waals surface area contributed by atoms with Crippen molar-refractivity contribution in [3.05, 3.63) is 89.5 Å². The quantitative estimate of drug-likeness (QED) is 0.624. The van der Waals surface area contributed by atoms with Gasteiger partial charge in [-0.25, -0.2) is 0 Å². The number of rotatable bonds is 6. The topological polar surface area (TPSA) is 44.8 Å². The van der Waals surface area contributed by atoms with E-state index in [1.165, 1.54) is 16.8 Å². The van der Waals surface area contributed by atoms with E-state index in [-0.39, 0.29) is 11.9 Å². The van der Waals surface area contributed by atoms with Gasteiger partial charge in [-0.05, 0) is 46.9 Å². The van der Waals surface area contributed by atoms with Crippen molar-refractivity contribution in [1.29, 1.82) is 0 Å². The summed E-state index contributed by atoms with van der Waals surface area (Å²) in [6.07, 6.45) is 1.08. The molecule has 1 amide bonds. The number of hydrogen-bond donors (Lipinski definition) is 1. The Bertz CT molecular complexity index is 1090. The van der Waals surface area contributed by atoms with E-state index in [4.69, 9.17) is 4.74 Å². The molecule has 5 rings (SSSR count). The summed E-state index contributed by atoms with van der Waals surface area (Å²) in [6, 6.07) is 25.0. The number of morpholine rings is 1. The van der Waals surface area contributed by atoms with Crippen LogP contribution in [0.1, 0.15) is 27.5 Å². The van der Waals surface area contributed by atoms with Crippen LogP contribution in [-0.4, -0.2) is 57.2 Å². The summed E-state index contributed by atoms with van der Waals surface area (Å²) >= 11 is 0. The Labute approximate surface area is 196 Å². The number of amides is 1. The lowest BCUT2D eigenvalue weighted by molar-refractivity contribution is 0.0162. The maximum Gasteiger partial charge on any atom is 0.251 e. The average Bonchev–Trinajstić information content (AvgIpc) is 3.25. The van der Waals surface area contributed by atoms with Gasteiger partial charge in [0.1, 0.15) is 0 Å². The van der Waals surface area contributed by atoms with Gasteiger partial charge in [-0.2, -0.15) is 0 Å². The van der Waals surface area contributed by atoms with Crippen LogP contribution in [0.5, 0.6) is 0 Å². The smallest absolute Gasteiger partial charge is 0.251 e. The number of nitrogens with zero attached hydrogens (tertiary/aromatic N) is 2. The van der Waals surface area contributed by atoms with Gasteiger partial charge in [0.15, 0.2) is 0 Å². The van der Waals surface area contributed by atoms with Crippen LogP contribution in [0.25, 0.3) is 11.1 Å². The van der Waals surface area contributed by atoms with E-state index >= 15 is 0 Å². The first-order chi connectivity index (χ1) is 16.2. The fourth-order valence-electron chi connectivity index (χ4n) is 4.88. The second-order valence-electron chi connectivity index (χ2n) is 8.88. The van der Waals surface area contributed by atoms with Crippen molar-refractivity contribution >= 4 is 11.6 Å². The van der Waals surface area contributed by atoms with Crippen LogP contribution in [0.3, 0.4) is 0 Å². The van der Waals surface area contributed by atoms with Gasteiger partial charge in [0.25, 0.3) is 5.91 Å². The Morgan fingerprint density at radius 3 is 2.42 bits per heavy atom. The van der Waals surface area contributed by atoms with Gasteiger partial charge in [0, 0.05) is 44.5 Å². The van der Waals surface area contributed by atoms with Crippen molar-refractivity contribution < 1.29 is 9.53 Å². The summed E-state index contributed by atoms with van der Waals surface area (Å²) in [5.74, 6) is -0.0336. The predicted octanol–water partition coefficient (Wildman–Crippen LogP) is 4.15. The molecule has 0 unspecified atom stereocenters. The van der Waals surface area contributed by atoms with Gasteiger partial charge in [-0.1, -0.05) is 54.6 Å². The Morgan fingerprint density at radius 1 is 0.939 bits per heavy atom. The molecule has 5 heteroatoms. The van der Waals surface area contributed by atoms with E-state index in [9.17, 15) is 4.79 Å². The second kappa shape index (κ2) is 9.77. The molecule has 33 heavy (non-hydrogen) atoms. The highest BCUT2D eigenvalue weighted by Crippen LogP contribution is 2.31. The van der Waals surface area contributed by atoms with Crippen LogP contribution >= 0.6 is 0 Å². The van der Waals surface area contributed by atoms with Crippen LogP contribution in [-0.2, 0) is 11.2 Å². The molecule has 1 fully saturated rings. The number of fused-ring (bicyclic) bond motifs is 1. The van der Waals surface area contributed by atoms with Crippen LogP contribution in [0.4, 0.5) is 5.69 Å². The number of carbonyl (C=O) groups is 1. The lowest BCUT2D eigenvalue weighted by Crippen LogP contribution is -2.43. The van der Waals surface area contributed by atoms with Gasteiger partial charge in [-0.15, -0.1) is 0 Å². The Balaban J connectivity index is 1.31. The summed E-state index contributed by atoms with van der Waals surface area (Å²) in [6.45, 7) is 4.87. The third-order valence-electron chi connectivity index (χ3n) is 6.81. The fourth-order valence-corrected chi connectivity index (χ4v) is 4.88. The molecule has 2 aliphatic rings. The molecule has 0 spiro atoms. The number of carbonyl (C=O) groups excluding carboxylic acids is 1. The van der Waals surface area contributed by atoms with Crippen LogP contribution in [0.2, 0.25) is 0 Å². The SMILES string of the molecule is CN1CCc2cc([C@@H](CNC(=O)c3ccc(-c4ccccc4)cc3)N3CCOCC3)ccc21. The first kappa shape index (κ1) is 21.7. The lowest BCUT2D eigenvalue weighted by Gasteiger charge is -2.35. The van der Waals surface area contributed by atoms with E-state index < -0.39 is 0 Å². The normalized spacial score (nSPS) is 16.9. The molecule has 0 bridgehead atoms. The van der Waals surface area contributed by atoms with Crippen molar-refractivity contribution in [2.45, 2.75) is 12.5 Å². The molecule has 3 aromatic carbocycles. The summed E-state index contributed by atoms with van der Waals surface area (Å²) < 4.78 is 5.58. The maximum absolute atomic E-state index is 13.0. The minimum absolute atomic E-state index is 0.0336. The van der Waals surface area contributed by atoms with Gasteiger partial charge in [0.05, 0.1) is 19.3 Å². The molecule has 170 valence electrons. The monoisotopic (exact) mass is 441 g/mol.